The summed E-state index contributed by atoms with van der Waals surface area (Å²) in [4.78, 5) is 11.5. The molecule has 110 valence electrons. The Bertz CT molecular complexity index is 688. The zero-order valence-corrected chi connectivity index (χ0v) is 12.5. The van der Waals surface area contributed by atoms with Crippen molar-refractivity contribution >= 4 is 5.97 Å². The second kappa shape index (κ2) is 5.35. The second-order valence-electron chi connectivity index (χ2n) is 5.85. The lowest BCUT2D eigenvalue weighted by molar-refractivity contribution is 0.0688. The molecule has 0 aliphatic heterocycles. The summed E-state index contributed by atoms with van der Waals surface area (Å²) in [6, 6.07) is 8.05. The van der Waals surface area contributed by atoms with E-state index in [-0.39, 0.29) is 5.69 Å². The second-order valence-corrected chi connectivity index (χ2v) is 5.85. The Hall–Kier alpha value is -2.10. The van der Waals surface area contributed by atoms with Crippen molar-refractivity contribution in [2.24, 2.45) is 5.92 Å². The van der Waals surface area contributed by atoms with Gasteiger partial charge in [-0.05, 0) is 49.8 Å². The molecule has 0 saturated carbocycles. The number of nitrogens with zero attached hydrogens (tertiary/aromatic N) is 2. The Morgan fingerprint density at radius 1 is 1.48 bits per heavy atom. The van der Waals surface area contributed by atoms with Crippen LogP contribution in [0.4, 0.5) is 0 Å². The van der Waals surface area contributed by atoms with Crippen LogP contribution in [0.5, 0.6) is 0 Å². The summed E-state index contributed by atoms with van der Waals surface area (Å²) in [5.74, 6) is -0.347. The van der Waals surface area contributed by atoms with E-state index < -0.39 is 5.97 Å². The minimum atomic E-state index is -0.922. The van der Waals surface area contributed by atoms with Gasteiger partial charge < -0.3 is 5.11 Å². The molecule has 0 amide bonds. The zero-order valence-electron chi connectivity index (χ0n) is 12.5. The molecule has 1 aliphatic rings. The highest BCUT2D eigenvalue weighted by Gasteiger charge is 2.28. The molecule has 1 heterocycles. The molecule has 1 N–H and O–H groups in total. The smallest absolute Gasteiger partial charge is 0.356 e. The third-order valence-electron chi connectivity index (χ3n) is 4.40. The highest BCUT2D eigenvalue weighted by molar-refractivity contribution is 5.87. The first-order valence-electron chi connectivity index (χ1n) is 7.51. The fraction of sp³-hybridized carbons (Fsp3) is 0.412. The van der Waals surface area contributed by atoms with Gasteiger partial charge in [0.25, 0.3) is 0 Å². The summed E-state index contributed by atoms with van der Waals surface area (Å²) in [5.41, 5.74) is 4.33. The molecule has 1 unspecified atom stereocenters. The number of hydrogen-bond donors (Lipinski definition) is 1. The first kappa shape index (κ1) is 13.9. The van der Waals surface area contributed by atoms with Crippen LogP contribution in [0, 0.1) is 12.8 Å². The van der Waals surface area contributed by atoms with Crippen LogP contribution >= 0.6 is 0 Å². The van der Waals surface area contributed by atoms with Crippen LogP contribution in [0.15, 0.2) is 24.3 Å². The molecule has 1 atom stereocenters. The number of rotatable bonds is 3. The van der Waals surface area contributed by atoms with E-state index in [1.165, 1.54) is 0 Å². The molecule has 3 rings (SSSR count). The Labute approximate surface area is 124 Å². The maximum absolute atomic E-state index is 11.5. The molecule has 0 spiro atoms. The third-order valence-corrected chi connectivity index (χ3v) is 4.40. The van der Waals surface area contributed by atoms with Gasteiger partial charge in [-0.3, -0.25) is 0 Å². The van der Waals surface area contributed by atoms with E-state index in [0.717, 1.165) is 48.2 Å². The van der Waals surface area contributed by atoms with Crippen LogP contribution in [0.1, 0.15) is 47.1 Å². The fourth-order valence-electron chi connectivity index (χ4n) is 3.18. The van der Waals surface area contributed by atoms with Gasteiger partial charge in [-0.15, -0.1) is 0 Å². The van der Waals surface area contributed by atoms with Gasteiger partial charge >= 0.3 is 5.97 Å². The largest absolute Gasteiger partial charge is 0.476 e. The number of hydrogen-bond acceptors (Lipinski definition) is 2. The number of carbonyl (C=O) groups is 1. The molecule has 0 radical (unpaired) electrons. The van der Waals surface area contributed by atoms with E-state index in [4.69, 9.17) is 0 Å². The van der Waals surface area contributed by atoms with Crippen molar-refractivity contribution in [3.05, 3.63) is 46.8 Å². The number of carboxylic acid groups (broad SMARTS) is 1. The average Bonchev–Trinajstić information content (AvgIpc) is 2.86. The van der Waals surface area contributed by atoms with Gasteiger partial charge in [-0.25, -0.2) is 9.48 Å². The summed E-state index contributed by atoms with van der Waals surface area (Å²) in [5, 5.41) is 13.8. The van der Waals surface area contributed by atoms with Crippen molar-refractivity contribution in [3.8, 4) is 5.69 Å². The molecule has 1 aromatic carbocycles. The lowest BCUT2D eigenvalue weighted by Gasteiger charge is -2.22. The molecule has 1 aromatic heterocycles. The summed E-state index contributed by atoms with van der Waals surface area (Å²) < 4.78 is 1.83. The number of aromatic nitrogens is 2. The monoisotopic (exact) mass is 284 g/mol. The summed E-state index contributed by atoms with van der Waals surface area (Å²) >= 11 is 0. The maximum atomic E-state index is 11.5. The Morgan fingerprint density at radius 2 is 2.29 bits per heavy atom. The van der Waals surface area contributed by atoms with Crippen molar-refractivity contribution in [2.75, 3.05) is 0 Å². The minimum Gasteiger partial charge on any atom is -0.476 e. The van der Waals surface area contributed by atoms with Crippen molar-refractivity contribution < 1.29 is 9.90 Å². The van der Waals surface area contributed by atoms with E-state index in [9.17, 15) is 9.90 Å². The lowest BCUT2D eigenvalue weighted by Crippen LogP contribution is -2.16. The van der Waals surface area contributed by atoms with Crippen molar-refractivity contribution in [1.82, 2.24) is 9.78 Å². The van der Waals surface area contributed by atoms with Crippen LogP contribution in [0.25, 0.3) is 5.69 Å². The molecule has 0 fully saturated rings. The molecule has 0 bridgehead atoms. The fourth-order valence-corrected chi connectivity index (χ4v) is 3.18. The summed E-state index contributed by atoms with van der Waals surface area (Å²) in [7, 11) is 0. The third kappa shape index (κ3) is 2.46. The summed E-state index contributed by atoms with van der Waals surface area (Å²) in [6.07, 6.45) is 3.94. The Kier molecular flexibility index (Phi) is 3.53. The van der Waals surface area contributed by atoms with E-state index in [0.29, 0.717) is 5.92 Å². The molecule has 1 aliphatic carbocycles. The van der Waals surface area contributed by atoms with Crippen LogP contribution in [-0.2, 0) is 12.8 Å². The highest BCUT2D eigenvalue weighted by atomic mass is 16.4. The molecule has 21 heavy (non-hydrogen) atoms. The molecule has 4 heteroatoms. The molecule has 4 nitrogen and oxygen atoms in total. The van der Waals surface area contributed by atoms with Crippen LogP contribution in [0.2, 0.25) is 0 Å². The number of benzene rings is 1. The number of aromatic carboxylic acids is 1. The lowest BCUT2D eigenvalue weighted by atomic mass is 9.85. The number of carboxylic acids is 1. The quantitative estimate of drug-likeness (QED) is 0.940. The SMILES string of the molecule is CCC1CCc2c(c(C(=O)O)nn2-c2cccc(C)c2)C1. The van der Waals surface area contributed by atoms with Gasteiger partial charge in [-0.1, -0.05) is 25.5 Å². The predicted molar refractivity (Wildman–Crippen MR) is 81.1 cm³/mol. The zero-order chi connectivity index (χ0) is 15.0. The van der Waals surface area contributed by atoms with E-state index in [1.54, 1.807) is 0 Å². The average molecular weight is 284 g/mol. The van der Waals surface area contributed by atoms with Crippen molar-refractivity contribution in [2.45, 2.75) is 39.5 Å². The first-order chi connectivity index (χ1) is 10.1. The molecular formula is C17H20N2O2. The topological polar surface area (TPSA) is 55.1 Å². The number of aryl methyl sites for hydroxylation is 1. The predicted octanol–water partition coefficient (Wildman–Crippen LogP) is 3.39. The Balaban J connectivity index is 2.13. The van der Waals surface area contributed by atoms with Crippen molar-refractivity contribution in [3.63, 3.8) is 0 Å². The van der Waals surface area contributed by atoms with Crippen molar-refractivity contribution in [1.29, 1.82) is 0 Å². The van der Waals surface area contributed by atoms with Gasteiger partial charge in [0.05, 0.1) is 5.69 Å². The normalized spacial score (nSPS) is 17.5. The van der Waals surface area contributed by atoms with Gasteiger partial charge in [0.1, 0.15) is 0 Å². The van der Waals surface area contributed by atoms with Gasteiger partial charge in [0, 0.05) is 11.3 Å². The van der Waals surface area contributed by atoms with E-state index >= 15 is 0 Å². The van der Waals surface area contributed by atoms with Gasteiger partial charge in [0.15, 0.2) is 5.69 Å². The first-order valence-corrected chi connectivity index (χ1v) is 7.51. The maximum Gasteiger partial charge on any atom is 0.356 e. The van der Waals surface area contributed by atoms with Crippen LogP contribution in [-0.4, -0.2) is 20.9 Å². The number of fused-ring (bicyclic) bond motifs is 1. The summed E-state index contributed by atoms with van der Waals surface area (Å²) in [6.45, 7) is 4.20. The van der Waals surface area contributed by atoms with Gasteiger partial charge in [0.2, 0.25) is 0 Å². The molecular weight excluding hydrogens is 264 g/mol. The van der Waals surface area contributed by atoms with Crippen LogP contribution < -0.4 is 0 Å². The standard InChI is InChI=1S/C17H20N2O2/c1-3-12-7-8-15-14(10-12)16(17(20)21)18-19(15)13-6-4-5-11(2)9-13/h4-6,9,12H,3,7-8,10H2,1-2H3,(H,20,21). The van der Waals surface area contributed by atoms with E-state index in [2.05, 4.69) is 12.0 Å². The highest BCUT2D eigenvalue weighted by Crippen LogP contribution is 2.31. The van der Waals surface area contributed by atoms with Crippen LogP contribution in [0.3, 0.4) is 0 Å². The Morgan fingerprint density at radius 3 is 2.95 bits per heavy atom. The van der Waals surface area contributed by atoms with E-state index in [1.807, 2.05) is 35.9 Å². The van der Waals surface area contributed by atoms with Gasteiger partial charge in [-0.2, -0.15) is 5.10 Å². The molecule has 0 saturated heterocycles. The minimum absolute atomic E-state index is 0.227. The molecule has 2 aromatic rings.